The lowest BCUT2D eigenvalue weighted by Gasteiger charge is -2.24. The van der Waals surface area contributed by atoms with Crippen molar-refractivity contribution < 1.29 is 0 Å². The van der Waals surface area contributed by atoms with Crippen LogP contribution in [0.3, 0.4) is 0 Å². The summed E-state index contributed by atoms with van der Waals surface area (Å²) in [6.07, 6.45) is 0. The van der Waals surface area contributed by atoms with Gasteiger partial charge < -0.3 is 22.8 Å². The Hall–Kier alpha value is -11.1. The van der Waals surface area contributed by atoms with Crippen molar-refractivity contribution in [1.29, 1.82) is 0 Å². The predicted molar refractivity (Wildman–Crippen MR) is 349 cm³/mol. The summed E-state index contributed by atoms with van der Waals surface area (Å²) in [5, 5.41) is 12.2. The van der Waals surface area contributed by atoms with Gasteiger partial charge in [-0.25, -0.2) is 0 Å². The highest BCUT2D eigenvalue weighted by Crippen LogP contribution is 2.49. The topological polar surface area (TPSA) is 24.6 Å². The Morgan fingerprint density at radius 1 is 0.145 bits per heavy atom. The second-order valence-corrected chi connectivity index (χ2v) is 21.9. The Kier molecular flexibility index (Phi) is 9.73. The first-order valence-electron chi connectivity index (χ1n) is 28.6. The molecule has 0 amide bonds. The number of para-hydroxylation sites is 11. The molecule has 0 atom stereocenters. The van der Waals surface area contributed by atoms with Crippen molar-refractivity contribution in [2.24, 2.45) is 0 Å². The van der Waals surface area contributed by atoms with Gasteiger partial charge in [0.05, 0.1) is 83.6 Å². The van der Waals surface area contributed by atoms with E-state index in [0.717, 1.165) is 94.8 Å². The lowest BCUT2D eigenvalue weighted by atomic mass is 9.93. The first-order valence-corrected chi connectivity index (χ1v) is 28.6. The molecule has 0 saturated carbocycles. The summed E-state index contributed by atoms with van der Waals surface area (Å²) in [6.45, 7) is 0. The van der Waals surface area contributed by atoms with Gasteiger partial charge in [-0.05, 0) is 91.0 Å². The molecule has 5 nitrogen and oxygen atoms in total. The van der Waals surface area contributed by atoms with Crippen molar-refractivity contribution in [3.63, 3.8) is 0 Å². The summed E-state index contributed by atoms with van der Waals surface area (Å²) < 4.78 is 12.6. The Morgan fingerprint density at radius 3 is 0.699 bits per heavy atom. The molecule has 0 unspecified atom stereocenters. The third-order valence-corrected chi connectivity index (χ3v) is 17.7. The maximum atomic E-state index is 2.57. The van der Waals surface area contributed by atoms with E-state index >= 15 is 0 Å². The SMILES string of the molecule is c1ccc(-n2c3ccccc3c3ccccc32)c(-c2cc(-n3c4ccccc4c4c(-n5c6ccccc6c6ccccc65)cccc43)c(-c3ccccc3-n3c4ccccc4c4ccccc43)cc2-n2c3ccccc3c3ccccc32)c1. The van der Waals surface area contributed by atoms with E-state index in [2.05, 4.69) is 320 Å². The van der Waals surface area contributed by atoms with Crippen LogP contribution in [-0.4, -0.2) is 22.8 Å². The van der Waals surface area contributed by atoms with Gasteiger partial charge in [0.1, 0.15) is 0 Å². The molecule has 386 valence electrons. The minimum atomic E-state index is 1.07. The Balaban J connectivity index is 1.04. The molecule has 0 aliphatic rings. The normalized spacial score (nSPS) is 12.1. The smallest absolute Gasteiger partial charge is 0.0562 e. The van der Waals surface area contributed by atoms with E-state index in [0.29, 0.717) is 0 Å². The average molecular weight is 1060 g/mol. The summed E-state index contributed by atoms with van der Waals surface area (Å²) in [4.78, 5) is 0. The van der Waals surface area contributed by atoms with Gasteiger partial charge in [-0.3, -0.25) is 0 Å². The zero-order valence-corrected chi connectivity index (χ0v) is 45.0. The van der Waals surface area contributed by atoms with Crippen molar-refractivity contribution in [3.8, 4) is 50.7 Å². The molecule has 0 saturated heterocycles. The molecule has 5 heteroatoms. The van der Waals surface area contributed by atoms with Gasteiger partial charge in [0.15, 0.2) is 0 Å². The van der Waals surface area contributed by atoms with E-state index < -0.39 is 0 Å². The van der Waals surface area contributed by atoms with Gasteiger partial charge in [0.25, 0.3) is 0 Å². The molecule has 0 radical (unpaired) electrons. The second-order valence-electron chi connectivity index (χ2n) is 21.9. The van der Waals surface area contributed by atoms with E-state index in [1.54, 1.807) is 0 Å². The summed E-state index contributed by atoms with van der Waals surface area (Å²) in [5.41, 5.74) is 21.5. The monoisotopic (exact) mass is 1060 g/mol. The van der Waals surface area contributed by atoms with E-state index in [-0.39, 0.29) is 0 Å². The average Bonchev–Trinajstić information content (AvgIpc) is 4.51. The molecule has 0 aliphatic carbocycles. The summed E-state index contributed by atoms with van der Waals surface area (Å²) in [7, 11) is 0. The maximum absolute atomic E-state index is 2.57. The molecule has 0 spiro atoms. The van der Waals surface area contributed by atoms with E-state index in [1.165, 1.54) is 64.9 Å². The summed E-state index contributed by atoms with van der Waals surface area (Å²) >= 11 is 0. The molecule has 0 N–H and O–H groups in total. The lowest BCUT2D eigenvalue weighted by Crippen LogP contribution is -2.06. The van der Waals surface area contributed by atoms with Crippen LogP contribution in [0, 0.1) is 0 Å². The molecule has 0 bridgehead atoms. The second kappa shape index (κ2) is 17.7. The minimum absolute atomic E-state index is 1.07. The molecule has 13 aromatic carbocycles. The van der Waals surface area contributed by atoms with Crippen molar-refractivity contribution in [1.82, 2.24) is 22.8 Å². The largest absolute Gasteiger partial charge is 0.309 e. The molecule has 5 aromatic heterocycles. The van der Waals surface area contributed by atoms with Crippen LogP contribution in [0.15, 0.2) is 297 Å². The number of rotatable bonds is 7. The quantitative estimate of drug-likeness (QED) is 0.152. The van der Waals surface area contributed by atoms with E-state index in [1.807, 2.05) is 0 Å². The van der Waals surface area contributed by atoms with Gasteiger partial charge >= 0.3 is 0 Å². The number of aromatic nitrogens is 5. The molecule has 18 aromatic rings. The van der Waals surface area contributed by atoms with E-state index in [4.69, 9.17) is 0 Å². The third-order valence-electron chi connectivity index (χ3n) is 17.7. The van der Waals surface area contributed by atoms with Crippen LogP contribution >= 0.6 is 0 Å². The Labute approximate surface area is 477 Å². The number of hydrogen-bond donors (Lipinski definition) is 0. The van der Waals surface area contributed by atoms with Crippen molar-refractivity contribution in [3.05, 3.63) is 297 Å². The lowest BCUT2D eigenvalue weighted by molar-refractivity contribution is 1.13. The molecule has 5 heterocycles. The minimum Gasteiger partial charge on any atom is -0.309 e. The van der Waals surface area contributed by atoms with Gasteiger partial charge in [-0.1, -0.05) is 206 Å². The number of benzene rings is 13. The Morgan fingerprint density at radius 2 is 0.361 bits per heavy atom. The fourth-order valence-electron chi connectivity index (χ4n) is 14.3. The van der Waals surface area contributed by atoms with Crippen molar-refractivity contribution >= 4 is 109 Å². The van der Waals surface area contributed by atoms with Gasteiger partial charge in [-0.2, -0.15) is 0 Å². The molecule has 18 rings (SSSR count). The maximum Gasteiger partial charge on any atom is 0.0562 e. The zero-order chi connectivity index (χ0) is 54.3. The fourth-order valence-corrected chi connectivity index (χ4v) is 14.3. The number of fused-ring (bicyclic) bond motifs is 15. The van der Waals surface area contributed by atoms with Gasteiger partial charge in [0.2, 0.25) is 0 Å². The molecular formula is C78H49N5. The highest BCUT2D eigenvalue weighted by molar-refractivity contribution is 6.18. The van der Waals surface area contributed by atoms with Crippen molar-refractivity contribution in [2.75, 3.05) is 0 Å². The first kappa shape index (κ1) is 45.7. The number of hydrogen-bond acceptors (Lipinski definition) is 0. The van der Waals surface area contributed by atoms with Crippen LogP contribution in [0.1, 0.15) is 0 Å². The predicted octanol–water partition coefficient (Wildman–Crippen LogP) is 20.5. The first-order chi connectivity index (χ1) is 41.3. The highest BCUT2D eigenvalue weighted by Gasteiger charge is 2.28. The van der Waals surface area contributed by atoms with Crippen LogP contribution in [0.5, 0.6) is 0 Å². The molecular weight excluding hydrogens is 1010 g/mol. The third kappa shape index (κ3) is 6.47. The van der Waals surface area contributed by atoms with Crippen LogP contribution in [-0.2, 0) is 0 Å². The Bertz CT molecular complexity index is 5500. The highest BCUT2D eigenvalue weighted by atomic mass is 15.0. The van der Waals surface area contributed by atoms with Crippen LogP contribution in [0.2, 0.25) is 0 Å². The summed E-state index contributed by atoms with van der Waals surface area (Å²) in [6, 6.07) is 110. The van der Waals surface area contributed by atoms with E-state index in [9.17, 15) is 0 Å². The van der Waals surface area contributed by atoms with Crippen LogP contribution in [0.4, 0.5) is 0 Å². The molecule has 83 heavy (non-hydrogen) atoms. The van der Waals surface area contributed by atoms with Gasteiger partial charge in [-0.15, -0.1) is 0 Å². The molecule has 0 fully saturated rings. The fraction of sp³-hybridized carbons (Fsp3) is 0. The van der Waals surface area contributed by atoms with Crippen molar-refractivity contribution in [2.45, 2.75) is 0 Å². The standard InChI is InChI=1S/C78H49N5/c1-12-35-63-50(24-1)51-25-2-13-36-64(51)79(63)71-43-20-9-32-58(71)61-49-77(83-73-45-22-11-34-60(73)78-74(46-23-47-75(78)83)81-67-39-16-5-28-54(67)55-29-6-17-40-68(55)81)62(48-76(61)82-69-41-18-7-30-56(69)57-31-8-19-42-70(57)82)59-33-10-21-44-72(59)80-65-37-14-3-26-52(65)53-27-4-15-38-66(53)80/h1-49H. The molecule has 0 aliphatic heterocycles. The van der Waals surface area contributed by atoms with Gasteiger partial charge in [0, 0.05) is 76.1 Å². The summed E-state index contributed by atoms with van der Waals surface area (Å²) in [5.74, 6) is 0. The number of nitrogens with zero attached hydrogens (tertiary/aromatic N) is 5. The van der Waals surface area contributed by atoms with Crippen LogP contribution in [0.25, 0.3) is 160 Å². The zero-order valence-electron chi connectivity index (χ0n) is 45.0. The van der Waals surface area contributed by atoms with Crippen LogP contribution < -0.4 is 0 Å².